The van der Waals surface area contributed by atoms with Gasteiger partial charge in [0, 0.05) is 19.0 Å². The Morgan fingerprint density at radius 3 is 2.41 bits per heavy atom. The second-order valence-corrected chi connectivity index (χ2v) is 6.84. The maximum Gasteiger partial charge on any atom is 0.223 e. The predicted molar refractivity (Wildman–Crippen MR) is 106 cm³/mol. The Balaban J connectivity index is 1.33. The first kappa shape index (κ1) is 19.2. The number of para-hydroxylation sites is 1. The van der Waals surface area contributed by atoms with Crippen LogP contribution in [0.15, 0.2) is 54.6 Å². The van der Waals surface area contributed by atoms with Gasteiger partial charge in [-0.2, -0.15) is 0 Å². The highest BCUT2D eigenvalue weighted by Gasteiger charge is 2.24. The van der Waals surface area contributed by atoms with Gasteiger partial charge < -0.3 is 14.8 Å². The van der Waals surface area contributed by atoms with Gasteiger partial charge in [0.25, 0.3) is 0 Å². The van der Waals surface area contributed by atoms with Crippen molar-refractivity contribution in [3.8, 4) is 11.5 Å². The van der Waals surface area contributed by atoms with Crippen LogP contribution in [0, 0.1) is 5.92 Å². The third-order valence-electron chi connectivity index (χ3n) is 5.00. The molecule has 1 aliphatic heterocycles. The van der Waals surface area contributed by atoms with Gasteiger partial charge >= 0.3 is 0 Å². The molecule has 0 aromatic heterocycles. The van der Waals surface area contributed by atoms with E-state index in [9.17, 15) is 4.79 Å². The van der Waals surface area contributed by atoms with E-state index in [-0.39, 0.29) is 11.8 Å². The summed E-state index contributed by atoms with van der Waals surface area (Å²) in [4.78, 5) is 14.8. The van der Waals surface area contributed by atoms with Crippen molar-refractivity contribution in [1.82, 2.24) is 10.2 Å². The SMILES string of the molecule is COc1ccc(CNC(=O)C2CCN(CCOc3ccccc3)CC2)cc1. The van der Waals surface area contributed by atoms with Crippen LogP contribution in [-0.2, 0) is 11.3 Å². The molecule has 0 atom stereocenters. The molecule has 1 heterocycles. The molecule has 5 nitrogen and oxygen atoms in total. The highest BCUT2D eigenvalue weighted by molar-refractivity contribution is 5.78. The van der Waals surface area contributed by atoms with Gasteiger partial charge in [0.15, 0.2) is 0 Å². The van der Waals surface area contributed by atoms with E-state index in [1.54, 1.807) is 7.11 Å². The van der Waals surface area contributed by atoms with Crippen LogP contribution < -0.4 is 14.8 Å². The Kier molecular flexibility index (Phi) is 7.11. The number of benzene rings is 2. The molecule has 27 heavy (non-hydrogen) atoms. The maximum atomic E-state index is 12.4. The van der Waals surface area contributed by atoms with Crippen LogP contribution in [-0.4, -0.2) is 44.2 Å². The summed E-state index contributed by atoms with van der Waals surface area (Å²) >= 11 is 0. The number of methoxy groups -OCH3 is 1. The number of hydrogen-bond donors (Lipinski definition) is 1. The first-order chi connectivity index (χ1) is 13.2. The molecule has 3 rings (SSSR count). The Labute approximate surface area is 161 Å². The van der Waals surface area contributed by atoms with Crippen molar-refractivity contribution < 1.29 is 14.3 Å². The lowest BCUT2D eigenvalue weighted by atomic mass is 9.96. The summed E-state index contributed by atoms with van der Waals surface area (Å²) in [5, 5.41) is 3.06. The number of nitrogens with zero attached hydrogens (tertiary/aromatic N) is 1. The molecule has 1 aliphatic rings. The summed E-state index contributed by atoms with van der Waals surface area (Å²) in [7, 11) is 1.65. The quantitative estimate of drug-likeness (QED) is 0.778. The highest BCUT2D eigenvalue weighted by Crippen LogP contribution is 2.18. The standard InChI is InChI=1S/C22H28N2O3/c1-26-20-9-7-18(8-10-20)17-23-22(25)19-11-13-24(14-12-19)15-16-27-21-5-3-2-4-6-21/h2-10,19H,11-17H2,1H3,(H,23,25). The second kappa shape index (κ2) is 9.97. The molecular weight excluding hydrogens is 340 g/mol. The fourth-order valence-electron chi connectivity index (χ4n) is 3.30. The van der Waals surface area contributed by atoms with Crippen molar-refractivity contribution in [3.05, 3.63) is 60.2 Å². The monoisotopic (exact) mass is 368 g/mol. The summed E-state index contributed by atoms with van der Waals surface area (Å²) in [6.45, 7) is 4.03. The number of ether oxygens (including phenoxy) is 2. The summed E-state index contributed by atoms with van der Waals surface area (Å²) in [6.07, 6.45) is 1.81. The van der Waals surface area contributed by atoms with Gasteiger partial charge in [-0.3, -0.25) is 9.69 Å². The van der Waals surface area contributed by atoms with Crippen LogP contribution in [0.4, 0.5) is 0 Å². The number of rotatable bonds is 8. The molecule has 2 aromatic rings. The van der Waals surface area contributed by atoms with Crippen LogP contribution in [0.2, 0.25) is 0 Å². The Bertz CT molecular complexity index is 695. The summed E-state index contributed by atoms with van der Waals surface area (Å²) in [5.74, 6) is 2.00. The molecule has 1 amide bonds. The van der Waals surface area contributed by atoms with Crippen molar-refractivity contribution in [2.75, 3.05) is 33.4 Å². The van der Waals surface area contributed by atoms with E-state index < -0.39 is 0 Å². The van der Waals surface area contributed by atoms with Gasteiger partial charge in [-0.15, -0.1) is 0 Å². The fraction of sp³-hybridized carbons (Fsp3) is 0.409. The molecule has 5 heteroatoms. The first-order valence-electron chi connectivity index (χ1n) is 9.55. The molecule has 0 spiro atoms. The Morgan fingerprint density at radius 2 is 1.74 bits per heavy atom. The normalized spacial score (nSPS) is 15.3. The van der Waals surface area contributed by atoms with E-state index >= 15 is 0 Å². The number of nitrogens with one attached hydrogen (secondary N) is 1. The molecule has 0 saturated carbocycles. The third kappa shape index (κ3) is 6.00. The zero-order chi connectivity index (χ0) is 18.9. The zero-order valence-electron chi connectivity index (χ0n) is 15.9. The van der Waals surface area contributed by atoms with Crippen molar-refractivity contribution >= 4 is 5.91 Å². The van der Waals surface area contributed by atoms with Gasteiger partial charge in [0.2, 0.25) is 5.91 Å². The molecule has 0 aliphatic carbocycles. The summed E-state index contributed by atoms with van der Waals surface area (Å²) in [5.41, 5.74) is 1.08. The van der Waals surface area contributed by atoms with Crippen LogP contribution in [0.5, 0.6) is 11.5 Å². The van der Waals surface area contributed by atoms with Crippen LogP contribution in [0.1, 0.15) is 18.4 Å². The van der Waals surface area contributed by atoms with Gasteiger partial charge in [-0.1, -0.05) is 30.3 Å². The molecule has 1 fully saturated rings. The Hall–Kier alpha value is -2.53. The average molecular weight is 368 g/mol. The van der Waals surface area contributed by atoms with Crippen molar-refractivity contribution in [3.63, 3.8) is 0 Å². The van der Waals surface area contributed by atoms with Crippen molar-refractivity contribution in [2.45, 2.75) is 19.4 Å². The van der Waals surface area contributed by atoms with E-state index in [4.69, 9.17) is 9.47 Å². The maximum absolute atomic E-state index is 12.4. The van der Waals surface area contributed by atoms with Gasteiger partial charge in [0.05, 0.1) is 7.11 Å². The van der Waals surface area contributed by atoms with Crippen LogP contribution in [0.25, 0.3) is 0 Å². The second-order valence-electron chi connectivity index (χ2n) is 6.84. The minimum absolute atomic E-state index is 0.106. The summed E-state index contributed by atoms with van der Waals surface area (Å²) in [6, 6.07) is 17.7. The van der Waals surface area contributed by atoms with E-state index in [0.29, 0.717) is 13.2 Å². The molecule has 1 saturated heterocycles. The van der Waals surface area contributed by atoms with Gasteiger partial charge in [-0.25, -0.2) is 0 Å². The van der Waals surface area contributed by atoms with Crippen molar-refractivity contribution in [1.29, 1.82) is 0 Å². The van der Waals surface area contributed by atoms with Gasteiger partial charge in [-0.05, 0) is 55.8 Å². The minimum Gasteiger partial charge on any atom is -0.497 e. The van der Waals surface area contributed by atoms with Gasteiger partial charge in [0.1, 0.15) is 18.1 Å². The number of carbonyl (C=O) groups excluding carboxylic acids is 1. The summed E-state index contributed by atoms with van der Waals surface area (Å²) < 4.78 is 10.9. The predicted octanol–water partition coefficient (Wildman–Crippen LogP) is 3.10. The molecule has 0 radical (unpaired) electrons. The van der Waals surface area contributed by atoms with Crippen molar-refractivity contribution in [2.24, 2.45) is 5.92 Å². The van der Waals surface area contributed by atoms with E-state index in [1.807, 2.05) is 54.6 Å². The lowest BCUT2D eigenvalue weighted by Crippen LogP contribution is -2.41. The molecule has 1 N–H and O–H groups in total. The number of amides is 1. The number of likely N-dealkylation sites (tertiary alicyclic amines) is 1. The largest absolute Gasteiger partial charge is 0.497 e. The zero-order valence-corrected chi connectivity index (χ0v) is 15.9. The smallest absolute Gasteiger partial charge is 0.223 e. The first-order valence-corrected chi connectivity index (χ1v) is 9.55. The van der Waals surface area contributed by atoms with E-state index in [0.717, 1.165) is 49.5 Å². The van der Waals surface area contributed by atoms with E-state index in [1.165, 1.54) is 0 Å². The molecular formula is C22H28N2O3. The lowest BCUT2D eigenvalue weighted by molar-refractivity contribution is -0.126. The topological polar surface area (TPSA) is 50.8 Å². The molecule has 0 bridgehead atoms. The lowest BCUT2D eigenvalue weighted by Gasteiger charge is -2.31. The molecule has 144 valence electrons. The van der Waals surface area contributed by atoms with Crippen LogP contribution in [0.3, 0.4) is 0 Å². The Morgan fingerprint density at radius 1 is 1.04 bits per heavy atom. The molecule has 0 unspecified atom stereocenters. The van der Waals surface area contributed by atoms with Crippen LogP contribution >= 0.6 is 0 Å². The fourth-order valence-corrected chi connectivity index (χ4v) is 3.30. The average Bonchev–Trinajstić information content (AvgIpc) is 2.73. The number of carbonyl (C=O) groups is 1. The number of hydrogen-bond acceptors (Lipinski definition) is 4. The highest BCUT2D eigenvalue weighted by atomic mass is 16.5. The minimum atomic E-state index is 0.106. The molecule has 2 aromatic carbocycles. The van der Waals surface area contributed by atoms with E-state index in [2.05, 4.69) is 10.2 Å². The number of piperidine rings is 1. The third-order valence-corrected chi connectivity index (χ3v) is 5.00.